The summed E-state index contributed by atoms with van der Waals surface area (Å²) >= 11 is 1.61. The first-order valence-corrected chi connectivity index (χ1v) is 6.59. The summed E-state index contributed by atoms with van der Waals surface area (Å²) in [4.78, 5) is 17.1. The number of esters is 1. The smallest absolute Gasteiger partial charge is 0.312 e. The van der Waals surface area contributed by atoms with E-state index in [1.54, 1.807) is 11.3 Å². The lowest BCUT2D eigenvalue weighted by Gasteiger charge is -2.04. The number of aromatic nitrogens is 1. The van der Waals surface area contributed by atoms with Crippen molar-refractivity contribution in [3.8, 4) is 0 Å². The molecule has 2 rings (SSSR count). The Kier molecular flexibility index (Phi) is 4.10. The molecule has 0 bridgehead atoms. The predicted octanol–water partition coefficient (Wildman–Crippen LogP) is 3.05. The van der Waals surface area contributed by atoms with Crippen LogP contribution in [0.3, 0.4) is 0 Å². The van der Waals surface area contributed by atoms with Gasteiger partial charge in [0.15, 0.2) is 0 Å². The molecule has 1 heterocycles. The number of aryl methyl sites for hydroxylation is 2. The second-order valence-corrected chi connectivity index (χ2v) is 5.47. The Morgan fingerprint density at radius 3 is 2.61 bits per heavy atom. The minimum atomic E-state index is -0.229. The molecule has 18 heavy (non-hydrogen) atoms. The van der Waals surface area contributed by atoms with Crippen molar-refractivity contribution in [2.45, 2.75) is 26.9 Å². The maximum atomic E-state index is 11.7. The molecule has 1 aromatic carbocycles. The van der Waals surface area contributed by atoms with Crippen LogP contribution in [0.5, 0.6) is 0 Å². The molecule has 0 aliphatic heterocycles. The van der Waals surface area contributed by atoms with Crippen LogP contribution in [-0.4, -0.2) is 11.0 Å². The second kappa shape index (κ2) is 5.78. The Balaban J connectivity index is 1.88. The molecule has 0 radical (unpaired) electrons. The average molecular weight is 261 g/mol. The normalized spacial score (nSPS) is 10.3. The molecule has 0 amide bonds. The number of carbonyl (C=O) groups is 1. The van der Waals surface area contributed by atoms with Gasteiger partial charge in [-0.2, -0.15) is 0 Å². The van der Waals surface area contributed by atoms with Gasteiger partial charge in [-0.25, -0.2) is 4.98 Å². The zero-order chi connectivity index (χ0) is 13.0. The van der Waals surface area contributed by atoms with Crippen LogP contribution in [0, 0.1) is 13.8 Å². The summed E-state index contributed by atoms with van der Waals surface area (Å²) in [6.07, 6.45) is 0.253. The van der Waals surface area contributed by atoms with Crippen molar-refractivity contribution in [2.75, 3.05) is 0 Å². The average Bonchev–Trinajstić information content (AvgIpc) is 2.67. The molecule has 0 unspecified atom stereocenters. The first-order valence-electron chi connectivity index (χ1n) is 5.77. The number of ether oxygens (including phenoxy) is 1. The molecule has 0 atom stereocenters. The summed E-state index contributed by atoms with van der Waals surface area (Å²) in [7, 11) is 0. The van der Waals surface area contributed by atoms with Gasteiger partial charge in [0.25, 0.3) is 0 Å². The minimum Gasteiger partial charge on any atom is -0.461 e. The third kappa shape index (κ3) is 3.40. The van der Waals surface area contributed by atoms with E-state index >= 15 is 0 Å². The van der Waals surface area contributed by atoms with Gasteiger partial charge in [0.05, 0.1) is 17.1 Å². The lowest BCUT2D eigenvalue weighted by molar-refractivity contribution is -0.144. The molecular weight excluding hydrogens is 246 g/mol. The monoisotopic (exact) mass is 261 g/mol. The minimum absolute atomic E-state index is 0.229. The van der Waals surface area contributed by atoms with Gasteiger partial charge in [0.2, 0.25) is 0 Å². The summed E-state index contributed by atoms with van der Waals surface area (Å²) in [5.74, 6) is -0.229. The van der Waals surface area contributed by atoms with Gasteiger partial charge < -0.3 is 4.74 Å². The van der Waals surface area contributed by atoms with Crippen LogP contribution >= 0.6 is 11.3 Å². The van der Waals surface area contributed by atoms with Crippen LogP contribution in [0.25, 0.3) is 0 Å². The van der Waals surface area contributed by atoms with Gasteiger partial charge in [-0.1, -0.05) is 30.3 Å². The Hall–Kier alpha value is -1.68. The van der Waals surface area contributed by atoms with E-state index < -0.39 is 0 Å². The zero-order valence-corrected chi connectivity index (χ0v) is 11.3. The van der Waals surface area contributed by atoms with E-state index in [9.17, 15) is 4.79 Å². The zero-order valence-electron chi connectivity index (χ0n) is 10.5. The van der Waals surface area contributed by atoms with Crippen molar-refractivity contribution in [1.82, 2.24) is 4.98 Å². The molecule has 94 valence electrons. The van der Waals surface area contributed by atoms with E-state index in [-0.39, 0.29) is 12.4 Å². The largest absolute Gasteiger partial charge is 0.461 e. The molecule has 0 saturated heterocycles. The third-order valence-electron chi connectivity index (χ3n) is 2.55. The first-order chi connectivity index (χ1) is 8.65. The lowest BCUT2D eigenvalue weighted by Crippen LogP contribution is -2.09. The van der Waals surface area contributed by atoms with Crippen molar-refractivity contribution in [3.05, 3.63) is 51.5 Å². The molecular formula is C14H15NO2S. The van der Waals surface area contributed by atoms with Crippen LogP contribution < -0.4 is 0 Å². The quantitative estimate of drug-likeness (QED) is 0.794. The Morgan fingerprint density at radius 2 is 2.00 bits per heavy atom. The Labute approximate surface area is 110 Å². The maximum absolute atomic E-state index is 11.7. The van der Waals surface area contributed by atoms with Crippen molar-refractivity contribution < 1.29 is 9.53 Å². The Bertz CT molecular complexity index is 534. The topological polar surface area (TPSA) is 39.2 Å². The van der Waals surface area contributed by atoms with E-state index in [0.717, 1.165) is 21.1 Å². The molecule has 1 aromatic heterocycles. The van der Waals surface area contributed by atoms with E-state index in [1.165, 1.54) is 0 Å². The molecule has 2 aromatic rings. The van der Waals surface area contributed by atoms with E-state index in [0.29, 0.717) is 6.61 Å². The summed E-state index contributed by atoms with van der Waals surface area (Å²) in [6.45, 7) is 4.24. The Morgan fingerprint density at radius 1 is 1.28 bits per heavy atom. The standard InChI is InChI=1S/C14H15NO2S/c1-10-13(15-11(2)18-10)8-14(16)17-9-12-6-4-3-5-7-12/h3-7H,8-9H2,1-2H3. The highest BCUT2D eigenvalue weighted by atomic mass is 32.1. The van der Waals surface area contributed by atoms with Crippen LogP contribution in [0.2, 0.25) is 0 Å². The van der Waals surface area contributed by atoms with E-state index in [1.807, 2.05) is 44.2 Å². The number of rotatable bonds is 4. The molecule has 0 spiro atoms. The van der Waals surface area contributed by atoms with Crippen molar-refractivity contribution in [3.63, 3.8) is 0 Å². The highest BCUT2D eigenvalue weighted by Crippen LogP contribution is 2.17. The second-order valence-electron chi connectivity index (χ2n) is 4.06. The molecule has 0 aliphatic carbocycles. The maximum Gasteiger partial charge on any atom is 0.312 e. The van der Waals surface area contributed by atoms with Gasteiger partial charge in [0, 0.05) is 4.88 Å². The van der Waals surface area contributed by atoms with Gasteiger partial charge in [-0.05, 0) is 19.4 Å². The van der Waals surface area contributed by atoms with Crippen LogP contribution in [0.1, 0.15) is 21.1 Å². The molecule has 3 nitrogen and oxygen atoms in total. The van der Waals surface area contributed by atoms with Crippen LogP contribution in [0.4, 0.5) is 0 Å². The van der Waals surface area contributed by atoms with Crippen molar-refractivity contribution in [1.29, 1.82) is 0 Å². The van der Waals surface area contributed by atoms with Gasteiger partial charge in [-0.15, -0.1) is 11.3 Å². The van der Waals surface area contributed by atoms with Crippen molar-refractivity contribution >= 4 is 17.3 Å². The van der Waals surface area contributed by atoms with E-state index in [2.05, 4.69) is 4.98 Å². The SMILES string of the molecule is Cc1nc(CC(=O)OCc2ccccc2)c(C)s1. The molecule has 0 saturated carbocycles. The lowest BCUT2D eigenvalue weighted by atomic mass is 10.2. The van der Waals surface area contributed by atoms with Crippen LogP contribution in [-0.2, 0) is 22.6 Å². The molecule has 0 N–H and O–H groups in total. The fourth-order valence-corrected chi connectivity index (χ4v) is 2.50. The van der Waals surface area contributed by atoms with Gasteiger partial charge in [0.1, 0.15) is 6.61 Å². The van der Waals surface area contributed by atoms with E-state index in [4.69, 9.17) is 4.74 Å². The van der Waals surface area contributed by atoms with Gasteiger partial charge in [-0.3, -0.25) is 4.79 Å². The highest BCUT2D eigenvalue weighted by molar-refractivity contribution is 7.11. The molecule has 0 fully saturated rings. The number of hydrogen-bond donors (Lipinski definition) is 0. The molecule has 4 heteroatoms. The van der Waals surface area contributed by atoms with Crippen molar-refractivity contribution in [2.24, 2.45) is 0 Å². The third-order valence-corrected chi connectivity index (χ3v) is 3.48. The number of carbonyl (C=O) groups excluding carboxylic acids is 1. The molecule has 0 aliphatic rings. The van der Waals surface area contributed by atoms with Crippen LogP contribution in [0.15, 0.2) is 30.3 Å². The van der Waals surface area contributed by atoms with Gasteiger partial charge >= 0.3 is 5.97 Å². The predicted molar refractivity (Wildman–Crippen MR) is 71.5 cm³/mol. The number of hydrogen-bond acceptors (Lipinski definition) is 4. The summed E-state index contributed by atoms with van der Waals surface area (Å²) in [5, 5.41) is 0.985. The first kappa shape index (κ1) is 12.8. The number of nitrogens with zero attached hydrogens (tertiary/aromatic N) is 1. The summed E-state index contributed by atoms with van der Waals surface area (Å²) < 4.78 is 5.22. The summed E-state index contributed by atoms with van der Waals surface area (Å²) in [6, 6.07) is 9.66. The number of benzene rings is 1. The summed E-state index contributed by atoms with van der Waals surface area (Å²) in [5.41, 5.74) is 1.83. The fraction of sp³-hybridized carbons (Fsp3) is 0.286. The highest BCUT2D eigenvalue weighted by Gasteiger charge is 2.11. The fourth-order valence-electron chi connectivity index (χ4n) is 1.66. The number of thiazole rings is 1.